The third kappa shape index (κ3) is 4.29. The molecule has 1 aromatic carbocycles. The van der Waals surface area contributed by atoms with Gasteiger partial charge in [-0.3, -0.25) is 0 Å². The molecule has 17 heavy (non-hydrogen) atoms. The Balaban J connectivity index is 2.86. The monoisotopic (exact) mass is 257 g/mol. The van der Waals surface area contributed by atoms with Crippen LogP contribution >= 0.6 is 11.6 Å². The Morgan fingerprint density at radius 1 is 1.35 bits per heavy atom. The van der Waals surface area contributed by atoms with Crippen LogP contribution in [0.15, 0.2) is 18.2 Å². The molecule has 0 aliphatic rings. The van der Waals surface area contributed by atoms with E-state index in [1.807, 2.05) is 0 Å². The Kier molecular flexibility index (Phi) is 4.96. The lowest BCUT2D eigenvalue weighted by atomic mass is 9.83. The van der Waals surface area contributed by atoms with Crippen molar-refractivity contribution in [3.8, 4) is 0 Å². The van der Waals surface area contributed by atoms with Gasteiger partial charge in [0.25, 0.3) is 0 Å². The highest BCUT2D eigenvalue weighted by atomic mass is 35.5. The second-order valence-corrected chi connectivity index (χ2v) is 5.85. The first kappa shape index (κ1) is 14.5. The zero-order chi connectivity index (χ0) is 13.1. The summed E-state index contributed by atoms with van der Waals surface area (Å²) in [6, 6.07) is 5.14. The molecule has 0 amide bonds. The molecule has 0 bridgehead atoms. The highest BCUT2D eigenvalue weighted by molar-refractivity contribution is 6.30. The molecular weight excluding hydrogens is 237 g/mol. The summed E-state index contributed by atoms with van der Waals surface area (Å²) in [5.74, 6) is -0.218. The summed E-state index contributed by atoms with van der Waals surface area (Å²) < 4.78 is 13.7. The minimum atomic E-state index is -0.218. The van der Waals surface area contributed by atoms with Crippen molar-refractivity contribution in [3.63, 3.8) is 0 Å². The number of hydrogen-bond acceptors (Lipinski definition) is 1. The van der Waals surface area contributed by atoms with E-state index in [0.29, 0.717) is 11.4 Å². The molecule has 1 rings (SSSR count). The summed E-state index contributed by atoms with van der Waals surface area (Å²) in [6.07, 6.45) is 0.681. The largest absolute Gasteiger partial charge is 0.313 e. The zero-order valence-corrected chi connectivity index (χ0v) is 11.7. The van der Waals surface area contributed by atoms with Crippen LogP contribution in [0.4, 0.5) is 4.39 Å². The van der Waals surface area contributed by atoms with Crippen molar-refractivity contribution in [2.45, 2.75) is 40.2 Å². The first-order valence-electron chi connectivity index (χ1n) is 6.02. The predicted octanol–water partition coefficient (Wildman–Crippen LogP) is 4.05. The fourth-order valence-corrected chi connectivity index (χ4v) is 2.00. The molecule has 0 radical (unpaired) electrons. The number of hydrogen-bond donors (Lipinski definition) is 1. The van der Waals surface area contributed by atoms with Gasteiger partial charge in [-0.25, -0.2) is 4.39 Å². The van der Waals surface area contributed by atoms with E-state index in [2.05, 4.69) is 33.0 Å². The van der Waals surface area contributed by atoms with Gasteiger partial charge < -0.3 is 5.32 Å². The van der Waals surface area contributed by atoms with Crippen LogP contribution in [0.5, 0.6) is 0 Å². The average Bonchev–Trinajstić information content (AvgIpc) is 2.19. The molecule has 0 aliphatic carbocycles. The molecule has 0 aliphatic heterocycles. The summed E-state index contributed by atoms with van der Waals surface area (Å²) in [7, 11) is 0. The maximum atomic E-state index is 13.7. The Hall–Kier alpha value is -0.600. The molecule has 0 aromatic heterocycles. The molecule has 1 unspecified atom stereocenters. The van der Waals surface area contributed by atoms with Gasteiger partial charge in [0.15, 0.2) is 0 Å². The van der Waals surface area contributed by atoms with Crippen LogP contribution in [0.2, 0.25) is 5.02 Å². The van der Waals surface area contributed by atoms with E-state index < -0.39 is 0 Å². The lowest BCUT2D eigenvalue weighted by Crippen LogP contribution is -2.42. The van der Waals surface area contributed by atoms with Crippen molar-refractivity contribution in [2.75, 3.05) is 6.54 Å². The summed E-state index contributed by atoms with van der Waals surface area (Å²) in [5.41, 5.74) is 0.817. The van der Waals surface area contributed by atoms with E-state index >= 15 is 0 Å². The lowest BCUT2D eigenvalue weighted by molar-refractivity contribution is 0.268. The molecule has 1 N–H and O–H groups in total. The first-order valence-corrected chi connectivity index (χ1v) is 6.39. The van der Waals surface area contributed by atoms with E-state index in [-0.39, 0.29) is 17.3 Å². The van der Waals surface area contributed by atoms with E-state index in [0.717, 1.165) is 12.1 Å². The van der Waals surface area contributed by atoms with Crippen molar-refractivity contribution < 1.29 is 4.39 Å². The third-order valence-corrected chi connectivity index (χ3v) is 3.17. The van der Waals surface area contributed by atoms with Crippen LogP contribution in [0, 0.1) is 11.2 Å². The molecule has 0 saturated heterocycles. The minimum absolute atomic E-state index is 0.0993. The first-order chi connectivity index (χ1) is 7.84. The fourth-order valence-electron chi connectivity index (χ4n) is 1.84. The Morgan fingerprint density at radius 2 is 2.00 bits per heavy atom. The number of likely N-dealkylation sites (N-methyl/N-ethyl adjacent to an activating group) is 1. The van der Waals surface area contributed by atoms with Crippen molar-refractivity contribution >= 4 is 11.6 Å². The van der Waals surface area contributed by atoms with Crippen LogP contribution in [-0.4, -0.2) is 12.6 Å². The molecule has 0 heterocycles. The number of halogens is 2. The molecule has 3 heteroatoms. The van der Waals surface area contributed by atoms with Gasteiger partial charge in [-0.05, 0) is 36.1 Å². The van der Waals surface area contributed by atoms with Crippen molar-refractivity contribution in [1.29, 1.82) is 0 Å². The SMILES string of the molecule is CCNC(Cc1ccc(Cl)cc1F)C(C)(C)C. The summed E-state index contributed by atoms with van der Waals surface area (Å²) in [6.45, 7) is 9.44. The van der Waals surface area contributed by atoms with Gasteiger partial charge in [-0.2, -0.15) is 0 Å². The number of benzene rings is 1. The zero-order valence-electron chi connectivity index (χ0n) is 11.0. The van der Waals surface area contributed by atoms with Gasteiger partial charge in [0.2, 0.25) is 0 Å². The summed E-state index contributed by atoms with van der Waals surface area (Å²) >= 11 is 5.75. The topological polar surface area (TPSA) is 12.0 Å². The maximum Gasteiger partial charge on any atom is 0.127 e. The van der Waals surface area contributed by atoms with Crippen molar-refractivity contribution in [1.82, 2.24) is 5.32 Å². The molecule has 1 aromatic rings. The Bertz CT molecular complexity index is 371. The summed E-state index contributed by atoms with van der Waals surface area (Å²) in [4.78, 5) is 0. The highest BCUT2D eigenvalue weighted by Gasteiger charge is 2.24. The van der Waals surface area contributed by atoms with Gasteiger partial charge in [-0.15, -0.1) is 0 Å². The maximum absolute atomic E-state index is 13.7. The Morgan fingerprint density at radius 3 is 2.47 bits per heavy atom. The minimum Gasteiger partial charge on any atom is -0.313 e. The number of rotatable bonds is 4. The van der Waals surface area contributed by atoms with Crippen LogP contribution in [-0.2, 0) is 6.42 Å². The van der Waals surface area contributed by atoms with Crippen LogP contribution < -0.4 is 5.32 Å². The second kappa shape index (κ2) is 5.83. The van der Waals surface area contributed by atoms with Crippen molar-refractivity contribution in [3.05, 3.63) is 34.6 Å². The van der Waals surface area contributed by atoms with E-state index in [9.17, 15) is 4.39 Å². The lowest BCUT2D eigenvalue weighted by Gasteiger charge is -2.31. The summed E-state index contributed by atoms with van der Waals surface area (Å²) in [5, 5.41) is 3.86. The highest BCUT2D eigenvalue weighted by Crippen LogP contribution is 2.24. The molecule has 96 valence electrons. The van der Waals surface area contributed by atoms with Crippen molar-refractivity contribution in [2.24, 2.45) is 5.41 Å². The molecule has 1 nitrogen and oxygen atoms in total. The molecule has 1 atom stereocenters. The molecular formula is C14H21ClFN. The third-order valence-electron chi connectivity index (χ3n) is 2.94. The van der Waals surface area contributed by atoms with E-state index in [4.69, 9.17) is 11.6 Å². The Labute approximate surface area is 108 Å². The molecule has 0 fully saturated rings. The fraction of sp³-hybridized carbons (Fsp3) is 0.571. The smallest absolute Gasteiger partial charge is 0.127 e. The predicted molar refractivity (Wildman–Crippen MR) is 72.0 cm³/mol. The van der Waals surface area contributed by atoms with E-state index in [1.54, 1.807) is 12.1 Å². The van der Waals surface area contributed by atoms with E-state index in [1.165, 1.54) is 6.07 Å². The van der Waals surface area contributed by atoms with Gasteiger partial charge in [0.1, 0.15) is 5.82 Å². The molecule has 0 saturated carbocycles. The van der Waals surface area contributed by atoms with Crippen LogP contribution in [0.1, 0.15) is 33.3 Å². The van der Waals surface area contributed by atoms with Crippen LogP contribution in [0.3, 0.4) is 0 Å². The standard InChI is InChI=1S/C14H21ClFN/c1-5-17-13(14(2,3)4)8-10-6-7-11(15)9-12(10)16/h6-7,9,13,17H,5,8H2,1-4H3. The van der Waals surface area contributed by atoms with Crippen LogP contribution in [0.25, 0.3) is 0 Å². The van der Waals surface area contributed by atoms with Gasteiger partial charge in [0.05, 0.1) is 0 Å². The average molecular weight is 258 g/mol. The quantitative estimate of drug-likeness (QED) is 0.858. The molecule has 0 spiro atoms. The van der Waals surface area contributed by atoms with Gasteiger partial charge >= 0.3 is 0 Å². The second-order valence-electron chi connectivity index (χ2n) is 5.42. The normalized spacial score (nSPS) is 13.8. The van der Waals surface area contributed by atoms with Gasteiger partial charge in [0, 0.05) is 11.1 Å². The number of nitrogens with one attached hydrogen (secondary N) is 1. The van der Waals surface area contributed by atoms with Gasteiger partial charge in [-0.1, -0.05) is 45.4 Å².